The molecule has 0 fully saturated rings. The van der Waals surface area contributed by atoms with Crippen molar-refractivity contribution in [2.24, 2.45) is 0 Å². The molecule has 1 atom stereocenters. The highest BCUT2D eigenvalue weighted by atomic mass is 32.2. The van der Waals surface area contributed by atoms with E-state index in [1.165, 1.54) is 0 Å². The molecular formula is C13H14F2O4S. The lowest BCUT2D eigenvalue weighted by molar-refractivity contribution is -0.144. The Morgan fingerprint density at radius 3 is 2.55 bits per heavy atom. The average molecular weight is 304 g/mol. The predicted molar refractivity (Wildman–Crippen MR) is 68.5 cm³/mol. The van der Waals surface area contributed by atoms with Gasteiger partial charge in [-0.15, -0.1) is 0 Å². The number of carbonyl (C=O) groups is 2. The van der Waals surface area contributed by atoms with Crippen molar-refractivity contribution in [2.75, 3.05) is 12.4 Å². The van der Waals surface area contributed by atoms with E-state index in [0.717, 1.165) is 12.1 Å². The second-order valence-corrected chi connectivity index (χ2v) is 5.33. The van der Waals surface area contributed by atoms with Crippen molar-refractivity contribution >= 4 is 22.6 Å². The molecule has 1 unspecified atom stereocenters. The number of hydrogen-bond donors (Lipinski definition) is 0. The molecule has 0 aromatic heterocycles. The Labute approximate surface area is 117 Å². The van der Waals surface area contributed by atoms with Gasteiger partial charge >= 0.3 is 5.97 Å². The van der Waals surface area contributed by atoms with Crippen molar-refractivity contribution in [3.8, 4) is 0 Å². The van der Waals surface area contributed by atoms with Gasteiger partial charge in [0.1, 0.15) is 17.4 Å². The number of ketones is 1. The van der Waals surface area contributed by atoms with Gasteiger partial charge in [-0.1, -0.05) is 0 Å². The smallest absolute Gasteiger partial charge is 0.306 e. The summed E-state index contributed by atoms with van der Waals surface area (Å²) in [5.74, 6) is -3.11. The molecule has 0 amide bonds. The molecule has 0 aliphatic rings. The van der Waals surface area contributed by atoms with Crippen LogP contribution in [0.1, 0.15) is 19.8 Å². The summed E-state index contributed by atoms with van der Waals surface area (Å²) < 4.78 is 42.5. The largest absolute Gasteiger partial charge is 0.466 e. The fourth-order valence-corrected chi connectivity index (χ4v) is 2.52. The lowest BCUT2D eigenvalue weighted by Crippen LogP contribution is -2.14. The SMILES string of the molecule is CCOC(=O)CCC(=O)CS(=O)c1ccc(F)cc1F. The van der Waals surface area contributed by atoms with Gasteiger partial charge in [-0.25, -0.2) is 8.78 Å². The standard InChI is InChI=1S/C13H14F2O4S/c1-2-19-13(17)6-4-10(16)8-20(18)12-5-3-9(14)7-11(12)15/h3,5,7H,2,4,6,8H2,1H3. The third kappa shape index (κ3) is 5.16. The van der Waals surface area contributed by atoms with E-state index in [1.807, 2.05) is 0 Å². The first-order valence-corrected chi connectivity index (χ1v) is 7.26. The van der Waals surface area contributed by atoms with Crippen molar-refractivity contribution in [2.45, 2.75) is 24.7 Å². The zero-order valence-corrected chi connectivity index (χ0v) is 11.7. The van der Waals surface area contributed by atoms with Crippen LogP contribution in [-0.2, 0) is 25.1 Å². The highest BCUT2D eigenvalue weighted by molar-refractivity contribution is 7.85. The van der Waals surface area contributed by atoms with E-state index < -0.39 is 39.9 Å². The van der Waals surface area contributed by atoms with Crippen molar-refractivity contribution in [3.63, 3.8) is 0 Å². The topological polar surface area (TPSA) is 60.4 Å². The minimum absolute atomic E-state index is 0.101. The first-order chi connectivity index (χ1) is 9.43. The van der Waals surface area contributed by atoms with Crippen LogP contribution >= 0.6 is 0 Å². The highest BCUT2D eigenvalue weighted by Crippen LogP contribution is 2.14. The molecule has 0 N–H and O–H groups in total. The van der Waals surface area contributed by atoms with Crippen LogP contribution in [0, 0.1) is 11.6 Å². The van der Waals surface area contributed by atoms with Gasteiger partial charge in [-0.2, -0.15) is 0 Å². The maximum Gasteiger partial charge on any atom is 0.306 e. The van der Waals surface area contributed by atoms with Gasteiger partial charge in [-0.3, -0.25) is 13.8 Å². The summed E-state index contributed by atoms with van der Waals surface area (Å²) in [6.45, 7) is 1.87. The fraction of sp³-hybridized carbons (Fsp3) is 0.385. The van der Waals surface area contributed by atoms with E-state index in [4.69, 9.17) is 0 Å². The van der Waals surface area contributed by atoms with Crippen molar-refractivity contribution < 1.29 is 27.3 Å². The Hall–Kier alpha value is -1.63. The Morgan fingerprint density at radius 2 is 1.95 bits per heavy atom. The normalized spacial score (nSPS) is 11.9. The molecule has 0 spiro atoms. The number of ether oxygens (including phenoxy) is 1. The summed E-state index contributed by atoms with van der Waals surface area (Å²) >= 11 is 0. The zero-order chi connectivity index (χ0) is 15.1. The minimum Gasteiger partial charge on any atom is -0.466 e. The van der Waals surface area contributed by atoms with E-state index >= 15 is 0 Å². The molecule has 0 saturated heterocycles. The highest BCUT2D eigenvalue weighted by Gasteiger charge is 2.16. The monoisotopic (exact) mass is 304 g/mol. The third-order valence-corrected chi connectivity index (χ3v) is 3.75. The van der Waals surface area contributed by atoms with E-state index in [0.29, 0.717) is 6.07 Å². The molecule has 1 aromatic carbocycles. The molecule has 20 heavy (non-hydrogen) atoms. The van der Waals surface area contributed by atoms with Crippen LogP contribution < -0.4 is 0 Å². The van der Waals surface area contributed by atoms with Gasteiger partial charge in [-0.05, 0) is 19.1 Å². The maximum atomic E-state index is 13.3. The van der Waals surface area contributed by atoms with Gasteiger partial charge in [0.25, 0.3) is 0 Å². The molecule has 0 saturated carbocycles. The molecule has 4 nitrogen and oxygen atoms in total. The summed E-state index contributed by atoms with van der Waals surface area (Å²) in [7, 11) is -1.90. The second-order valence-electron chi connectivity index (χ2n) is 3.91. The van der Waals surface area contributed by atoms with Crippen LogP contribution in [0.5, 0.6) is 0 Å². The lowest BCUT2D eigenvalue weighted by Gasteiger charge is -2.04. The van der Waals surface area contributed by atoms with Gasteiger partial charge in [0, 0.05) is 12.5 Å². The van der Waals surface area contributed by atoms with E-state index in [-0.39, 0.29) is 24.3 Å². The number of esters is 1. The zero-order valence-electron chi connectivity index (χ0n) is 10.9. The summed E-state index contributed by atoms with van der Waals surface area (Å²) in [6, 6.07) is 2.62. The molecular weight excluding hydrogens is 290 g/mol. The number of benzene rings is 1. The average Bonchev–Trinajstić information content (AvgIpc) is 2.36. The van der Waals surface area contributed by atoms with Crippen LogP contribution in [0.4, 0.5) is 8.78 Å². The van der Waals surface area contributed by atoms with Crippen molar-refractivity contribution in [1.82, 2.24) is 0 Å². The summed E-state index contributed by atoms with van der Waals surface area (Å²) in [4.78, 5) is 22.3. The number of hydrogen-bond acceptors (Lipinski definition) is 4. The number of Topliss-reactive ketones (excluding diaryl/α,β-unsaturated/α-hetero) is 1. The van der Waals surface area contributed by atoms with Crippen LogP contribution in [0.15, 0.2) is 23.1 Å². The fourth-order valence-electron chi connectivity index (χ4n) is 1.43. The molecule has 0 aliphatic carbocycles. The molecule has 1 rings (SSSR count). The van der Waals surface area contributed by atoms with Crippen LogP contribution in [0.2, 0.25) is 0 Å². The van der Waals surface area contributed by atoms with Gasteiger partial charge in [0.05, 0.1) is 34.5 Å². The number of halogens is 2. The molecule has 7 heteroatoms. The van der Waals surface area contributed by atoms with E-state index in [1.54, 1.807) is 6.92 Å². The summed E-state index contributed by atoms with van der Waals surface area (Å²) in [6.07, 6.45) is -0.219. The predicted octanol–water partition coefficient (Wildman–Crippen LogP) is 1.98. The second kappa shape index (κ2) is 7.84. The lowest BCUT2D eigenvalue weighted by atomic mass is 10.2. The minimum atomic E-state index is -1.90. The van der Waals surface area contributed by atoms with Gasteiger partial charge in [0.2, 0.25) is 0 Å². The van der Waals surface area contributed by atoms with E-state index in [2.05, 4.69) is 4.74 Å². The number of rotatable bonds is 7. The molecule has 0 heterocycles. The number of carbonyl (C=O) groups excluding carboxylic acids is 2. The van der Waals surface area contributed by atoms with Crippen LogP contribution in [-0.4, -0.2) is 28.3 Å². The molecule has 0 radical (unpaired) electrons. The third-order valence-electron chi connectivity index (χ3n) is 2.34. The Bertz CT molecular complexity index is 531. The molecule has 1 aromatic rings. The van der Waals surface area contributed by atoms with Crippen LogP contribution in [0.3, 0.4) is 0 Å². The van der Waals surface area contributed by atoms with E-state index in [9.17, 15) is 22.6 Å². The van der Waals surface area contributed by atoms with Gasteiger partial charge in [0.15, 0.2) is 0 Å². The Morgan fingerprint density at radius 1 is 1.25 bits per heavy atom. The quantitative estimate of drug-likeness (QED) is 0.723. The molecule has 110 valence electrons. The van der Waals surface area contributed by atoms with Crippen LogP contribution in [0.25, 0.3) is 0 Å². The molecule has 0 aliphatic heterocycles. The first kappa shape index (κ1) is 16.4. The Balaban J connectivity index is 2.53. The summed E-state index contributed by atoms with van der Waals surface area (Å²) in [5, 5.41) is 0. The maximum absolute atomic E-state index is 13.3. The van der Waals surface area contributed by atoms with Gasteiger partial charge < -0.3 is 4.74 Å². The van der Waals surface area contributed by atoms with Crippen molar-refractivity contribution in [3.05, 3.63) is 29.8 Å². The summed E-state index contributed by atoms with van der Waals surface area (Å²) in [5.41, 5.74) is 0. The first-order valence-electron chi connectivity index (χ1n) is 5.94. The Kier molecular flexibility index (Phi) is 6.44. The van der Waals surface area contributed by atoms with Crippen molar-refractivity contribution in [1.29, 1.82) is 0 Å². The molecule has 0 bridgehead atoms.